The number of aromatic nitrogens is 1. The number of hydrogen-bond acceptors (Lipinski definition) is 5. The lowest BCUT2D eigenvalue weighted by Crippen LogP contribution is -2.18. The molecule has 138 valence electrons. The van der Waals surface area contributed by atoms with E-state index in [0.29, 0.717) is 36.3 Å². The van der Waals surface area contributed by atoms with Gasteiger partial charge < -0.3 is 14.5 Å². The predicted octanol–water partition coefficient (Wildman–Crippen LogP) is 3.76. The van der Waals surface area contributed by atoms with Gasteiger partial charge in [-0.25, -0.2) is 4.79 Å². The molecule has 1 aliphatic rings. The van der Waals surface area contributed by atoms with E-state index in [4.69, 9.17) is 9.47 Å². The number of benzene rings is 1. The Kier molecular flexibility index (Phi) is 5.71. The monoisotopic (exact) mass is 373 g/mol. The predicted molar refractivity (Wildman–Crippen MR) is 103 cm³/mol. The van der Waals surface area contributed by atoms with Crippen molar-refractivity contribution >= 4 is 23.5 Å². The third-order valence-corrected chi connectivity index (χ3v) is 5.38. The van der Waals surface area contributed by atoms with E-state index in [1.54, 1.807) is 18.9 Å². The van der Waals surface area contributed by atoms with E-state index in [0.717, 1.165) is 22.8 Å². The lowest BCUT2D eigenvalue weighted by Gasteiger charge is -2.22. The van der Waals surface area contributed by atoms with Crippen LogP contribution in [0.25, 0.3) is 0 Å². The highest BCUT2D eigenvalue weighted by Gasteiger charge is 2.32. The van der Waals surface area contributed by atoms with Crippen LogP contribution in [-0.2, 0) is 11.2 Å². The molecule has 0 amide bonds. The Bertz CT molecular complexity index is 810. The lowest BCUT2D eigenvalue weighted by molar-refractivity contribution is 0.0523. The number of thioether (sulfide) groups is 1. The van der Waals surface area contributed by atoms with E-state index in [9.17, 15) is 9.59 Å². The zero-order chi connectivity index (χ0) is 18.7. The minimum absolute atomic E-state index is 0.0731. The highest BCUT2D eigenvalue weighted by molar-refractivity contribution is 7.98. The molecule has 1 heterocycles. The number of rotatable bonds is 6. The number of aromatic amines is 1. The number of fused-ring (bicyclic) bond motifs is 1. The van der Waals surface area contributed by atoms with E-state index < -0.39 is 0 Å². The van der Waals surface area contributed by atoms with Crippen molar-refractivity contribution in [2.75, 3.05) is 25.7 Å². The fourth-order valence-electron chi connectivity index (χ4n) is 3.44. The summed E-state index contributed by atoms with van der Waals surface area (Å²) in [4.78, 5) is 28.2. The summed E-state index contributed by atoms with van der Waals surface area (Å²) in [5.41, 5.74) is 3.69. The molecule has 0 unspecified atom stereocenters. The van der Waals surface area contributed by atoms with E-state index in [2.05, 4.69) is 4.98 Å². The topological polar surface area (TPSA) is 68.4 Å². The number of carbonyl (C=O) groups is 2. The Balaban J connectivity index is 1.82. The van der Waals surface area contributed by atoms with Crippen molar-refractivity contribution < 1.29 is 19.1 Å². The molecule has 0 bridgehead atoms. The van der Waals surface area contributed by atoms with Crippen molar-refractivity contribution in [3.05, 3.63) is 52.3 Å². The molecule has 1 atom stereocenters. The van der Waals surface area contributed by atoms with Crippen LogP contribution in [-0.4, -0.2) is 42.5 Å². The molecule has 0 aliphatic heterocycles. The summed E-state index contributed by atoms with van der Waals surface area (Å²) < 4.78 is 10.5. The normalized spacial score (nSPS) is 16.3. The second-order valence-corrected chi connectivity index (χ2v) is 7.39. The Labute approximate surface area is 157 Å². The molecule has 1 aromatic carbocycles. The van der Waals surface area contributed by atoms with Gasteiger partial charge in [0.05, 0.1) is 7.11 Å². The second kappa shape index (κ2) is 7.99. The molecule has 6 heteroatoms. The number of ether oxygens (including phenoxy) is 2. The van der Waals surface area contributed by atoms with Gasteiger partial charge in [-0.3, -0.25) is 4.79 Å². The zero-order valence-corrected chi connectivity index (χ0v) is 16.1. The summed E-state index contributed by atoms with van der Waals surface area (Å²) in [5, 5.41) is 0. The Morgan fingerprint density at radius 3 is 2.65 bits per heavy atom. The molecule has 2 aromatic rings. The van der Waals surface area contributed by atoms with E-state index in [-0.39, 0.29) is 17.7 Å². The van der Waals surface area contributed by atoms with E-state index in [1.807, 2.05) is 37.4 Å². The maximum Gasteiger partial charge on any atom is 0.355 e. The van der Waals surface area contributed by atoms with Crippen molar-refractivity contribution in [3.63, 3.8) is 0 Å². The first kappa shape index (κ1) is 18.6. The van der Waals surface area contributed by atoms with Crippen LogP contribution in [0, 0.1) is 6.92 Å². The maximum absolute atomic E-state index is 12.7. The molecular weight excluding hydrogens is 350 g/mol. The number of ketones is 1. The zero-order valence-electron chi connectivity index (χ0n) is 15.3. The van der Waals surface area contributed by atoms with E-state index >= 15 is 0 Å². The number of hydrogen-bond donors (Lipinski definition) is 1. The minimum Gasteiger partial charge on any atom is -0.497 e. The summed E-state index contributed by atoms with van der Waals surface area (Å²) in [6.45, 7) is 2.18. The fourth-order valence-corrected chi connectivity index (χ4v) is 3.69. The maximum atomic E-state index is 12.7. The third kappa shape index (κ3) is 3.65. The molecule has 0 spiro atoms. The lowest BCUT2D eigenvalue weighted by atomic mass is 9.81. The molecule has 1 N–H and O–H groups in total. The van der Waals surface area contributed by atoms with Gasteiger partial charge in [0.15, 0.2) is 5.78 Å². The second-order valence-electron chi connectivity index (χ2n) is 6.41. The first-order valence-corrected chi connectivity index (χ1v) is 9.99. The van der Waals surface area contributed by atoms with Crippen LogP contribution < -0.4 is 4.74 Å². The van der Waals surface area contributed by atoms with E-state index in [1.165, 1.54) is 0 Å². The van der Waals surface area contributed by atoms with Gasteiger partial charge in [-0.2, -0.15) is 11.8 Å². The quantitative estimate of drug-likeness (QED) is 0.617. The number of esters is 1. The fraction of sp³-hybridized carbons (Fsp3) is 0.400. The highest BCUT2D eigenvalue weighted by Crippen LogP contribution is 2.35. The van der Waals surface area contributed by atoms with Crippen molar-refractivity contribution in [2.24, 2.45) is 0 Å². The first-order valence-electron chi connectivity index (χ1n) is 8.59. The van der Waals surface area contributed by atoms with Gasteiger partial charge in [-0.1, -0.05) is 12.1 Å². The molecule has 0 saturated carbocycles. The molecule has 0 saturated heterocycles. The summed E-state index contributed by atoms with van der Waals surface area (Å²) in [7, 11) is 1.63. The van der Waals surface area contributed by atoms with Crippen LogP contribution in [0.5, 0.6) is 5.75 Å². The van der Waals surface area contributed by atoms with Crippen LogP contribution in [0.2, 0.25) is 0 Å². The van der Waals surface area contributed by atoms with Gasteiger partial charge in [0, 0.05) is 23.4 Å². The summed E-state index contributed by atoms with van der Waals surface area (Å²) >= 11 is 1.62. The van der Waals surface area contributed by atoms with Crippen LogP contribution in [0.1, 0.15) is 50.0 Å². The summed E-state index contributed by atoms with van der Waals surface area (Å²) in [5.74, 6) is 1.33. The van der Waals surface area contributed by atoms with Crippen LogP contribution in [0.3, 0.4) is 0 Å². The Morgan fingerprint density at radius 2 is 2.00 bits per heavy atom. The molecule has 26 heavy (non-hydrogen) atoms. The number of carbonyl (C=O) groups excluding carboxylic acids is 2. The average molecular weight is 373 g/mol. The molecular formula is C20H23NO4S. The van der Waals surface area contributed by atoms with Gasteiger partial charge in [0.25, 0.3) is 0 Å². The van der Waals surface area contributed by atoms with Crippen molar-refractivity contribution in [3.8, 4) is 5.75 Å². The van der Waals surface area contributed by atoms with Crippen molar-refractivity contribution in [1.82, 2.24) is 4.98 Å². The van der Waals surface area contributed by atoms with Crippen molar-refractivity contribution in [1.29, 1.82) is 0 Å². The Hall–Kier alpha value is -2.21. The van der Waals surface area contributed by atoms with Gasteiger partial charge in [0.1, 0.15) is 18.1 Å². The molecule has 1 aromatic heterocycles. The number of nitrogens with one attached hydrogen (secondary N) is 1. The number of Topliss-reactive ketones (excluding diaryl/α,β-unsaturated/α-hetero) is 1. The number of H-pyrrole nitrogens is 1. The first-order chi connectivity index (χ1) is 12.5. The van der Waals surface area contributed by atoms with Gasteiger partial charge in [-0.15, -0.1) is 0 Å². The third-order valence-electron chi connectivity index (χ3n) is 4.80. The van der Waals surface area contributed by atoms with Crippen LogP contribution in [0.4, 0.5) is 0 Å². The van der Waals surface area contributed by atoms with Gasteiger partial charge >= 0.3 is 5.97 Å². The molecule has 1 aliphatic carbocycles. The largest absolute Gasteiger partial charge is 0.497 e. The Morgan fingerprint density at radius 1 is 1.27 bits per heavy atom. The number of methoxy groups -OCH3 is 1. The molecule has 5 nitrogen and oxygen atoms in total. The van der Waals surface area contributed by atoms with Gasteiger partial charge in [0.2, 0.25) is 0 Å². The van der Waals surface area contributed by atoms with Crippen LogP contribution >= 0.6 is 11.8 Å². The van der Waals surface area contributed by atoms with Gasteiger partial charge in [-0.05, 0) is 48.8 Å². The molecule has 0 radical (unpaired) electrons. The summed E-state index contributed by atoms with van der Waals surface area (Å²) in [6.07, 6.45) is 3.11. The molecule has 0 fully saturated rings. The average Bonchev–Trinajstić information content (AvgIpc) is 2.99. The van der Waals surface area contributed by atoms with Crippen LogP contribution in [0.15, 0.2) is 24.3 Å². The summed E-state index contributed by atoms with van der Waals surface area (Å²) in [6, 6.07) is 7.80. The molecule has 3 rings (SSSR count). The standard InChI is InChI=1S/C20H23NO4S/c1-12-18-16(21-19(12)20(23)25-8-9-26-3)10-14(11-17(18)22)13-4-6-15(24-2)7-5-13/h4-7,14,21H,8-11H2,1-3H3/t14-/m0/s1. The SMILES string of the molecule is COc1ccc([C@@H]2CC(=O)c3c([nH]c(C(=O)OCCSC)c3C)C2)cc1. The smallest absolute Gasteiger partial charge is 0.355 e. The highest BCUT2D eigenvalue weighted by atomic mass is 32.2. The minimum atomic E-state index is -0.389. The van der Waals surface area contributed by atoms with Crippen molar-refractivity contribution in [2.45, 2.75) is 25.7 Å².